The van der Waals surface area contributed by atoms with E-state index in [0.717, 1.165) is 11.1 Å². The van der Waals surface area contributed by atoms with Crippen LogP contribution in [0.15, 0.2) is 41.2 Å². The van der Waals surface area contributed by atoms with Crippen LogP contribution in [-0.4, -0.2) is 24.7 Å². The quantitative estimate of drug-likeness (QED) is 0.659. The number of methoxy groups -OCH3 is 1. The summed E-state index contributed by atoms with van der Waals surface area (Å²) in [6, 6.07) is 7.07. The predicted octanol–water partition coefficient (Wildman–Crippen LogP) is 3.09. The number of fused-ring (bicyclic) bond motifs is 1. The maximum atomic E-state index is 12.5. The first-order valence-electron chi connectivity index (χ1n) is 8.28. The van der Waals surface area contributed by atoms with Gasteiger partial charge < -0.3 is 19.2 Å². The third-order valence-corrected chi connectivity index (χ3v) is 4.18. The summed E-state index contributed by atoms with van der Waals surface area (Å²) < 4.78 is 16.4. The molecule has 136 valence electrons. The summed E-state index contributed by atoms with van der Waals surface area (Å²) in [5.41, 5.74) is 2.52. The Hall–Kier alpha value is -3.02. The van der Waals surface area contributed by atoms with Crippen molar-refractivity contribution in [3.63, 3.8) is 0 Å². The average Bonchev–Trinajstić information content (AvgIpc) is 2.58. The Morgan fingerprint density at radius 2 is 2.08 bits per heavy atom. The van der Waals surface area contributed by atoms with Crippen molar-refractivity contribution >= 4 is 5.97 Å². The summed E-state index contributed by atoms with van der Waals surface area (Å²) >= 11 is 0. The van der Waals surface area contributed by atoms with Crippen molar-refractivity contribution in [2.24, 2.45) is 0 Å². The van der Waals surface area contributed by atoms with Crippen molar-refractivity contribution in [2.75, 3.05) is 13.7 Å². The van der Waals surface area contributed by atoms with Crippen LogP contribution in [0.2, 0.25) is 0 Å². The Bertz CT molecular complexity index is 928. The van der Waals surface area contributed by atoms with E-state index in [2.05, 4.69) is 11.6 Å². The second kappa shape index (κ2) is 7.07. The molecule has 2 aromatic rings. The van der Waals surface area contributed by atoms with Gasteiger partial charge in [-0.3, -0.25) is 9.59 Å². The molecule has 1 aliphatic rings. The SMILES string of the molecule is C=C(C)COc1ccc([C@H]2CC(=O)Oc3cc(C)[nH]c(=O)c32)cc1OC. The Labute approximate surface area is 151 Å². The molecule has 0 fully saturated rings. The molecule has 0 bridgehead atoms. The highest BCUT2D eigenvalue weighted by Gasteiger charge is 2.32. The molecule has 0 unspecified atom stereocenters. The number of aromatic amines is 1. The van der Waals surface area contributed by atoms with Crippen LogP contribution >= 0.6 is 0 Å². The van der Waals surface area contributed by atoms with Crippen molar-refractivity contribution in [2.45, 2.75) is 26.2 Å². The van der Waals surface area contributed by atoms with Crippen LogP contribution < -0.4 is 19.8 Å². The molecule has 1 aromatic heterocycles. The summed E-state index contributed by atoms with van der Waals surface area (Å²) in [5.74, 6) is 0.659. The maximum Gasteiger partial charge on any atom is 0.312 e. The van der Waals surface area contributed by atoms with Gasteiger partial charge in [-0.1, -0.05) is 12.6 Å². The van der Waals surface area contributed by atoms with Gasteiger partial charge in [-0.2, -0.15) is 0 Å². The number of pyridine rings is 1. The zero-order valence-electron chi connectivity index (χ0n) is 15.0. The number of nitrogens with one attached hydrogen (secondary N) is 1. The number of hydrogen-bond acceptors (Lipinski definition) is 5. The molecule has 6 heteroatoms. The number of carbonyl (C=O) groups is 1. The van der Waals surface area contributed by atoms with Crippen LogP contribution in [0.5, 0.6) is 17.2 Å². The average molecular weight is 355 g/mol. The second-order valence-electron chi connectivity index (χ2n) is 6.45. The molecule has 1 aromatic carbocycles. The highest BCUT2D eigenvalue weighted by atomic mass is 16.5. The normalized spacial score (nSPS) is 15.8. The zero-order chi connectivity index (χ0) is 18.8. The highest BCUT2D eigenvalue weighted by molar-refractivity contribution is 5.77. The van der Waals surface area contributed by atoms with Gasteiger partial charge in [0.15, 0.2) is 11.5 Å². The van der Waals surface area contributed by atoms with Crippen LogP contribution in [-0.2, 0) is 4.79 Å². The number of esters is 1. The van der Waals surface area contributed by atoms with Crippen molar-refractivity contribution in [3.05, 3.63) is 63.6 Å². The molecule has 1 aliphatic heterocycles. The number of carbonyl (C=O) groups excluding carboxylic acids is 1. The lowest BCUT2D eigenvalue weighted by atomic mass is 9.87. The third kappa shape index (κ3) is 3.49. The molecule has 0 radical (unpaired) electrons. The molecule has 1 atom stereocenters. The van der Waals surface area contributed by atoms with Crippen LogP contribution in [0.4, 0.5) is 0 Å². The number of ether oxygens (including phenoxy) is 3. The lowest BCUT2D eigenvalue weighted by molar-refractivity contribution is -0.135. The van der Waals surface area contributed by atoms with Crippen LogP contribution in [0.3, 0.4) is 0 Å². The van der Waals surface area contributed by atoms with Gasteiger partial charge >= 0.3 is 5.97 Å². The molecule has 0 saturated heterocycles. The largest absolute Gasteiger partial charge is 0.493 e. The first-order valence-corrected chi connectivity index (χ1v) is 8.28. The first kappa shape index (κ1) is 17.8. The molecular formula is C20H21NO5. The lowest BCUT2D eigenvalue weighted by Gasteiger charge is -2.24. The molecule has 0 saturated carbocycles. The van der Waals surface area contributed by atoms with E-state index in [1.165, 1.54) is 0 Å². The van der Waals surface area contributed by atoms with Gasteiger partial charge in [-0.25, -0.2) is 0 Å². The second-order valence-corrected chi connectivity index (χ2v) is 6.45. The third-order valence-electron chi connectivity index (χ3n) is 4.18. The van der Waals surface area contributed by atoms with Crippen molar-refractivity contribution < 1.29 is 19.0 Å². The predicted molar refractivity (Wildman–Crippen MR) is 97.2 cm³/mol. The maximum absolute atomic E-state index is 12.5. The van der Waals surface area contributed by atoms with Crippen LogP contribution in [0.1, 0.15) is 36.1 Å². The van der Waals surface area contributed by atoms with Gasteiger partial charge in [-0.05, 0) is 37.1 Å². The molecule has 1 N–H and O–H groups in total. The Balaban J connectivity index is 2.03. The van der Waals surface area contributed by atoms with Crippen LogP contribution in [0, 0.1) is 6.92 Å². The van der Waals surface area contributed by atoms with E-state index in [-0.39, 0.29) is 17.9 Å². The van der Waals surface area contributed by atoms with Gasteiger partial charge in [0.25, 0.3) is 5.56 Å². The minimum absolute atomic E-state index is 0.0915. The van der Waals surface area contributed by atoms with E-state index in [9.17, 15) is 9.59 Å². The molecular weight excluding hydrogens is 334 g/mol. The first-order chi connectivity index (χ1) is 12.4. The van der Waals surface area contributed by atoms with E-state index in [0.29, 0.717) is 35.1 Å². The summed E-state index contributed by atoms with van der Waals surface area (Å²) in [4.78, 5) is 27.3. The Kier molecular flexibility index (Phi) is 4.84. The van der Waals surface area contributed by atoms with E-state index in [1.54, 1.807) is 32.2 Å². The molecule has 3 rings (SSSR count). The summed E-state index contributed by atoms with van der Waals surface area (Å²) in [7, 11) is 1.55. The number of H-pyrrole nitrogens is 1. The fraction of sp³-hybridized carbons (Fsp3) is 0.300. The molecule has 2 heterocycles. The lowest BCUT2D eigenvalue weighted by Crippen LogP contribution is -2.28. The van der Waals surface area contributed by atoms with E-state index in [1.807, 2.05) is 13.0 Å². The summed E-state index contributed by atoms with van der Waals surface area (Å²) in [6.45, 7) is 7.81. The fourth-order valence-electron chi connectivity index (χ4n) is 3.02. The molecule has 0 amide bonds. The zero-order valence-corrected chi connectivity index (χ0v) is 15.0. The van der Waals surface area contributed by atoms with Gasteiger partial charge in [-0.15, -0.1) is 0 Å². The van der Waals surface area contributed by atoms with Crippen LogP contribution in [0.25, 0.3) is 0 Å². The molecule has 6 nitrogen and oxygen atoms in total. The number of benzene rings is 1. The minimum atomic E-state index is -0.403. The van der Waals surface area contributed by atoms with Gasteiger partial charge in [0.05, 0.1) is 19.1 Å². The summed E-state index contributed by atoms with van der Waals surface area (Å²) in [5, 5.41) is 0. The minimum Gasteiger partial charge on any atom is -0.493 e. The Morgan fingerprint density at radius 3 is 2.77 bits per heavy atom. The van der Waals surface area contributed by atoms with E-state index >= 15 is 0 Å². The number of aryl methyl sites for hydroxylation is 1. The van der Waals surface area contributed by atoms with E-state index in [4.69, 9.17) is 14.2 Å². The number of hydrogen-bond donors (Lipinski definition) is 1. The van der Waals surface area contributed by atoms with Gasteiger partial charge in [0, 0.05) is 17.7 Å². The molecule has 26 heavy (non-hydrogen) atoms. The molecule has 0 aliphatic carbocycles. The Morgan fingerprint density at radius 1 is 1.31 bits per heavy atom. The summed E-state index contributed by atoms with van der Waals surface area (Å²) in [6.07, 6.45) is 0.0915. The molecule has 0 spiro atoms. The van der Waals surface area contributed by atoms with Crippen molar-refractivity contribution in [1.82, 2.24) is 4.98 Å². The highest BCUT2D eigenvalue weighted by Crippen LogP contribution is 2.39. The topological polar surface area (TPSA) is 77.6 Å². The van der Waals surface area contributed by atoms with Gasteiger partial charge in [0.2, 0.25) is 0 Å². The van der Waals surface area contributed by atoms with Crippen molar-refractivity contribution in [3.8, 4) is 17.2 Å². The monoisotopic (exact) mass is 355 g/mol. The van der Waals surface area contributed by atoms with Crippen molar-refractivity contribution in [1.29, 1.82) is 0 Å². The number of rotatable bonds is 5. The standard InChI is InChI=1S/C20H21NO5/c1-11(2)10-25-15-6-5-13(8-16(15)24-4)14-9-18(22)26-17-7-12(3)21-20(23)19(14)17/h5-8,14H,1,9-10H2,2-4H3,(H,21,23)/t14-/m1/s1. The van der Waals surface area contributed by atoms with Gasteiger partial charge in [0.1, 0.15) is 12.4 Å². The fourth-order valence-corrected chi connectivity index (χ4v) is 3.02. The van der Waals surface area contributed by atoms with E-state index < -0.39 is 5.92 Å². The number of aromatic nitrogens is 1. The smallest absolute Gasteiger partial charge is 0.312 e.